The Labute approximate surface area is 160 Å². The van der Waals surface area contributed by atoms with Crippen molar-refractivity contribution in [2.75, 3.05) is 31.1 Å². The third kappa shape index (κ3) is 3.54. The van der Waals surface area contributed by atoms with E-state index < -0.39 is 4.92 Å². The maximum atomic E-state index is 12.7. The highest BCUT2D eigenvalue weighted by Gasteiger charge is 2.25. The highest BCUT2D eigenvalue weighted by Crippen LogP contribution is 2.25. The molecule has 4 rings (SSSR count). The monoisotopic (exact) mass is 379 g/mol. The van der Waals surface area contributed by atoms with Gasteiger partial charge in [-0.2, -0.15) is 0 Å². The van der Waals surface area contributed by atoms with Gasteiger partial charge in [0.1, 0.15) is 5.76 Å². The summed E-state index contributed by atoms with van der Waals surface area (Å²) in [4.78, 5) is 35.3. The minimum atomic E-state index is -0.457. The van der Waals surface area contributed by atoms with Gasteiger partial charge in [0.05, 0.1) is 4.92 Å². The number of carbonyl (C=O) groups excluding carboxylic acids is 1. The number of amides is 1. The van der Waals surface area contributed by atoms with Crippen LogP contribution in [-0.4, -0.2) is 51.9 Å². The molecule has 0 bridgehead atoms. The SMILES string of the molecule is O=C(c1ccc(-c2ccc([N+](=O)[O-])cc2)o1)N1CCN(c2ncccn2)CC1. The number of nitrogens with zero attached hydrogens (tertiary/aromatic N) is 5. The summed E-state index contributed by atoms with van der Waals surface area (Å²) in [5.41, 5.74) is 0.683. The number of carbonyl (C=O) groups is 1. The predicted octanol–water partition coefficient (Wildman–Crippen LogP) is 2.61. The second-order valence-electron chi connectivity index (χ2n) is 6.30. The van der Waals surface area contributed by atoms with Crippen LogP contribution in [0.25, 0.3) is 11.3 Å². The molecule has 9 nitrogen and oxygen atoms in total. The molecule has 0 spiro atoms. The molecule has 1 amide bonds. The zero-order chi connectivity index (χ0) is 19.5. The van der Waals surface area contributed by atoms with Crippen molar-refractivity contribution in [1.82, 2.24) is 14.9 Å². The Hall–Kier alpha value is -3.75. The van der Waals surface area contributed by atoms with Crippen LogP contribution in [0.15, 0.2) is 59.3 Å². The van der Waals surface area contributed by atoms with E-state index in [9.17, 15) is 14.9 Å². The number of piperazine rings is 1. The van der Waals surface area contributed by atoms with E-state index in [-0.39, 0.29) is 17.4 Å². The van der Waals surface area contributed by atoms with Crippen molar-refractivity contribution < 1.29 is 14.1 Å². The first-order chi connectivity index (χ1) is 13.6. The number of hydrogen-bond donors (Lipinski definition) is 0. The van der Waals surface area contributed by atoms with Crippen LogP contribution in [0.1, 0.15) is 10.6 Å². The minimum absolute atomic E-state index is 0.00636. The molecule has 0 unspecified atom stereocenters. The number of benzene rings is 1. The highest BCUT2D eigenvalue weighted by molar-refractivity contribution is 5.92. The molecule has 28 heavy (non-hydrogen) atoms. The number of rotatable bonds is 4. The summed E-state index contributed by atoms with van der Waals surface area (Å²) in [5.74, 6) is 1.22. The van der Waals surface area contributed by atoms with Crippen molar-refractivity contribution in [3.05, 3.63) is 70.7 Å². The molecule has 1 fully saturated rings. The van der Waals surface area contributed by atoms with E-state index in [0.717, 1.165) is 0 Å². The molecule has 0 aliphatic carbocycles. The lowest BCUT2D eigenvalue weighted by molar-refractivity contribution is -0.384. The van der Waals surface area contributed by atoms with Gasteiger partial charge < -0.3 is 14.2 Å². The summed E-state index contributed by atoms with van der Waals surface area (Å²) in [7, 11) is 0. The van der Waals surface area contributed by atoms with E-state index in [1.807, 2.05) is 4.90 Å². The first kappa shape index (κ1) is 17.7. The van der Waals surface area contributed by atoms with E-state index in [1.54, 1.807) is 47.6 Å². The van der Waals surface area contributed by atoms with Gasteiger partial charge in [0.2, 0.25) is 5.95 Å². The number of nitro benzene ring substituents is 1. The van der Waals surface area contributed by atoms with Crippen molar-refractivity contribution in [1.29, 1.82) is 0 Å². The van der Waals surface area contributed by atoms with E-state index in [2.05, 4.69) is 9.97 Å². The molecule has 1 aromatic carbocycles. The van der Waals surface area contributed by atoms with Gasteiger partial charge in [0, 0.05) is 56.3 Å². The van der Waals surface area contributed by atoms with Gasteiger partial charge in [0.25, 0.3) is 11.6 Å². The number of furan rings is 1. The lowest BCUT2D eigenvalue weighted by Crippen LogP contribution is -2.49. The third-order valence-corrected chi connectivity index (χ3v) is 4.58. The van der Waals surface area contributed by atoms with E-state index in [1.165, 1.54) is 12.1 Å². The molecule has 0 saturated carbocycles. The molecule has 2 aromatic heterocycles. The Morgan fingerprint density at radius 3 is 2.32 bits per heavy atom. The van der Waals surface area contributed by atoms with Crippen LogP contribution >= 0.6 is 0 Å². The molecule has 0 atom stereocenters. The summed E-state index contributed by atoms with van der Waals surface area (Å²) in [6.07, 6.45) is 3.39. The molecule has 0 radical (unpaired) electrons. The molecular weight excluding hydrogens is 362 g/mol. The highest BCUT2D eigenvalue weighted by atomic mass is 16.6. The quantitative estimate of drug-likeness (QED) is 0.507. The molecule has 1 saturated heterocycles. The fraction of sp³-hybridized carbons (Fsp3) is 0.211. The van der Waals surface area contributed by atoms with Gasteiger partial charge in [-0.1, -0.05) is 0 Å². The molecule has 3 aromatic rings. The smallest absolute Gasteiger partial charge is 0.289 e. The fourth-order valence-electron chi connectivity index (χ4n) is 3.08. The molecular formula is C19H17N5O4. The third-order valence-electron chi connectivity index (χ3n) is 4.58. The van der Waals surface area contributed by atoms with Gasteiger partial charge in [-0.15, -0.1) is 0 Å². The standard InChI is InChI=1S/C19H17N5O4/c25-18(22-10-12-23(13-11-22)19-20-8-1-9-21-19)17-7-6-16(28-17)14-2-4-15(5-3-14)24(26)27/h1-9H,10-13H2. The Morgan fingerprint density at radius 1 is 1.00 bits per heavy atom. The van der Waals surface area contributed by atoms with Crippen LogP contribution in [0.5, 0.6) is 0 Å². The normalized spacial score (nSPS) is 14.1. The largest absolute Gasteiger partial charge is 0.451 e. The van der Waals surface area contributed by atoms with Gasteiger partial charge in [-0.3, -0.25) is 14.9 Å². The zero-order valence-electron chi connectivity index (χ0n) is 14.9. The maximum absolute atomic E-state index is 12.7. The van der Waals surface area contributed by atoms with Crippen molar-refractivity contribution in [2.45, 2.75) is 0 Å². The van der Waals surface area contributed by atoms with Crippen LogP contribution in [0, 0.1) is 10.1 Å². The van der Waals surface area contributed by atoms with Crippen LogP contribution in [-0.2, 0) is 0 Å². The van der Waals surface area contributed by atoms with Crippen LogP contribution in [0.4, 0.5) is 11.6 Å². The first-order valence-corrected chi connectivity index (χ1v) is 8.78. The van der Waals surface area contributed by atoms with E-state index in [0.29, 0.717) is 43.5 Å². The zero-order valence-corrected chi connectivity index (χ0v) is 14.9. The van der Waals surface area contributed by atoms with Gasteiger partial charge in [0.15, 0.2) is 5.76 Å². The number of aromatic nitrogens is 2. The topological polar surface area (TPSA) is 106 Å². The molecule has 9 heteroatoms. The first-order valence-electron chi connectivity index (χ1n) is 8.78. The lowest BCUT2D eigenvalue weighted by atomic mass is 10.1. The Morgan fingerprint density at radius 2 is 1.68 bits per heavy atom. The number of hydrogen-bond acceptors (Lipinski definition) is 7. The summed E-state index contributed by atoms with van der Waals surface area (Å²) in [5, 5.41) is 10.8. The predicted molar refractivity (Wildman–Crippen MR) is 101 cm³/mol. The molecule has 142 valence electrons. The Bertz CT molecular complexity index is 979. The summed E-state index contributed by atoms with van der Waals surface area (Å²) >= 11 is 0. The Kier molecular flexibility index (Phi) is 4.71. The second-order valence-corrected chi connectivity index (χ2v) is 6.30. The molecule has 1 aliphatic rings. The fourth-order valence-corrected chi connectivity index (χ4v) is 3.08. The average Bonchev–Trinajstić information content (AvgIpc) is 3.24. The van der Waals surface area contributed by atoms with Gasteiger partial charge >= 0.3 is 0 Å². The maximum Gasteiger partial charge on any atom is 0.289 e. The summed E-state index contributed by atoms with van der Waals surface area (Å²) in [6.45, 7) is 2.38. The van der Waals surface area contributed by atoms with Crippen LogP contribution in [0.2, 0.25) is 0 Å². The molecule has 0 N–H and O–H groups in total. The van der Waals surface area contributed by atoms with Crippen molar-refractivity contribution in [3.63, 3.8) is 0 Å². The Balaban J connectivity index is 1.41. The van der Waals surface area contributed by atoms with Gasteiger partial charge in [-0.25, -0.2) is 9.97 Å². The van der Waals surface area contributed by atoms with E-state index >= 15 is 0 Å². The second kappa shape index (κ2) is 7.47. The number of non-ortho nitro benzene ring substituents is 1. The molecule has 1 aliphatic heterocycles. The molecule has 3 heterocycles. The average molecular weight is 379 g/mol. The lowest BCUT2D eigenvalue weighted by Gasteiger charge is -2.34. The van der Waals surface area contributed by atoms with Crippen molar-refractivity contribution in [3.8, 4) is 11.3 Å². The van der Waals surface area contributed by atoms with Crippen molar-refractivity contribution in [2.24, 2.45) is 0 Å². The van der Waals surface area contributed by atoms with Crippen molar-refractivity contribution >= 4 is 17.5 Å². The van der Waals surface area contributed by atoms with Crippen LogP contribution < -0.4 is 4.90 Å². The van der Waals surface area contributed by atoms with E-state index in [4.69, 9.17) is 4.42 Å². The number of anilines is 1. The number of nitro groups is 1. The van der Waals surface area contributed by atoms with Gasteiger partial charge in [-0.05, 0) is 30.3 Å². The summed E-state index contributed by atoms with van der Waals surface area (Å²) in [6, 6.07) is 11.1. The summed E-state index contributed by atoms with van der Waals surface area (Å²) < 4.78 is 5.70. The van der Waals surface area contributed by atoms with Crippen LogP contribution in [0.3, 0.4) is 0 Å². The minimum Gasteiger partial charge on any atom is -0.451 e.